The number of nitrogens with zero attached hydrogens (tertiary/aromatic N) is 5. The first-order valence-corrected chi connectivity index (χ1v) is 10.8. The molecule has 2 bridgehead atoms. The molecule has 158 valence electrons. The van der Waals surface area contributed by atoms with E-state index in [1.54, 1.807) is 17.1 Å². The van der Waals surface area contributed by atoms with E-state index in [0.29, 0.717) is 17.8 Å². The molecule has 3 heterocycles. The van der Waals surface area contributed by atoms with Gasteiger partial charge in [-0.2, -0.15) is 5.10 Å². The van der Waals surface area contributed by atoms with E-state index in [0.717, 1.165) is 50.0 Å². The summed E-state index contributed by atoms with van der Waals surface area (Å²) in [4.78, 5) is 24.2. The minimum absolute atomic E-state index is 0.101. The lowest BCUT2D eigenvalue weighted by Crippen LogP contribution is -2.45. The number of carbonyl (C=O) groups is 1. The van der Waals surface area contributed by atoms with Gasteiger partial charge in [0.05, 0.1) is 17.6 Å². The molecule has 30 heavy (non-hydrogen) atoms. The smallest absolute Gasteiger partial charge is 0.227 e. The highest BCUT2D eigenvalue weighted by Gasteiger charge is 2.43. The number of anilines is 2. The van der Waals surface area contributed by atoms with Crippen molar-refractivity contribution < 1.29 is 9.90 Å². The Hall–Kier alpha value is -2.74. The predicted molar refractivity (Wildman–Crippen MR) is 113 cm³/mol. The molecule has 2 N–H and O–H groups in total. The molecule has 0 radical (unpaired) electrons. The van der Waals surface area contributed by atoms with Crippen LogP contribution in [0, 0.1) is 17.8 Å². The summed E-state index contributed by atoms with van der Waals surface area (Å²) < 4.78 is 1.73. The van der Waals surface area contributed by atoms with Crippen molar-refractivity contribution in [1.82, 2.24) is 24.6 Å². The Labute approximate surface area is 176 Å². The van der Waals surface area contributed by atoms with Gasteiger partial charge < -0.3 is 15.3 Å². The zero-order valence-electron chi connectivity index (χ0n) is 17.2. The molecule has 2 atom stereocenters. The first-order chi connectivity index (χ1) is 14.6. The van der Waals surface area contributed by atoms with Gasteiger partial charge in [0.25, 0.3) is 0 Å². The monoisotopic (exact) mass is 408 g/mol. The highest BCUT2D eigenvalue weighted by Crippen LogP contribution is 2.41. The second kappa shape index (κ2) is 7.83. The third kappa shape index (κ3) is 3.71. The van der Waals surface area contributed by atoms with Crippen LogP contribution in [0.3, 0.4) is 0 Å². The van der Waals surface area contributed by atoms with Gasteiger partial charge in [0.15, 0.2) is 0 Å². The summed E-state index contributed by atoms with van der Waals surface area (Å²) in [6.07, 6.45) is 12.2. The van der Waals surface area contributed by atoms with Crippen molar-refractivity contribution in [1.29, 1.82) is 0 Å². The second-order valence-electron chi connectivity index (χ2n) is 8.93. The van der Waals surface area contributed by atoms with Crippen LogP contribution < -0.4 is 5.32 Å². The number of carbonyl (C=O) groups excluding carboxylic acids is 1. The molecule has 8 nitrogen and oxygen atoms in total. The summed E-state index contributed by atoms with van der Waals surface area (Å²) in [7, 11) is 1.87. The maximum atomic E-state index is 13.0. The number of aromatic nitrogens is 4. The summed E-state index contributed by atoms with van der Waals surface area (Å²) in [6, 6.07) is 2.19. The summed E-state index contributed by atoms with van der Waals surface area (Å²) in [5, 5.41) is 16.6. The van der Waals surface area contributed by atoms with Crippen LogP contribution in [0.5, 0.6) is 0 Å². The molecule has 1 amide bonds. The number of likely N-dealkylation sites (tertiary alicyclic amines) is 1. The van der Waals surface area contributed by atoms with Gasteiger partial charge in [0.2, 0.25) is 11.9 Å². The van der Waals surface area contributed by atoms with Crippen molar-refractivity contribution in [2.75, 3.05) is 18.5 Å². The van der Waals surface area contributed by atoms with Crippen LogP contribution in [0.4, 0.5) is 11.6 Å². The molecule has 1 saturated carbocycles. The summed E-state index contributed by atoms with van der Waals surface area (Å²) >= 11 is 0. The Morgan fingerprint density at radius 2 is 2.20 bits per heavy atom. The van der Waals surface area contributed by atoms with Gasteiger partial charge in [-0.3, -0.25) is 9.48 Å². The molecule has 8 heteroatoms. The van der Waals surface area contributed by atoms with Crippen LogP contribution in [0.2, 0.25) is 0 Å². The van der Waals surface area contributed by atoms with Crippen LogP contribution in [-0.4, -0.2) is 54.9 Å². The standard InChI is InChI=1S/C22H28N6O2/c1-27-12-18(10-24-27)25-22-23-5-4-20(26-22)16-3-2-14-8-19(9-16)28(11-14)21(30)17-6-15(7-17)13-29/h3-5,10,12,14-15,17,19,29H,2,6-9,11,13H2,1H3,(H,23,25,26). The van der Waals surface area contributed by atoms with Crippen LogP contribution in [0.25, 0.3) is 5.57 Å². The van der Waals surface area contributed by atoms with E-state index in [4.69, 9.17) is 4.98 Å². The van der Waals surface area contributed by atoms with E-state index < -0.39 is 0 Å². The van der Waals surface area contributed by atoms with Gasteiger partial charge in [-0.25, -0.2) is 9.97 Å². The quantitative estimate of drug-likeness (QED) is 0.789. The van der Waals surface area contributed by atoms with E-state index in [1.165, 1.54) is 5.57 Å². The fourth-order valence-electron chi connectivity index (χ4n) is 5.04. The molecular formula is C22H28N6O2. The number of hydrogen-bond donors (Lipinski definition) is 2. The molecule has 2 unspecified atom stereocenters. The number of allylic oxidation sites excluding steroid dienone is 1. The van der Waals surface area contributed by atoms with Gasteiger partial charge in [-0.1, -0.05) is 6.08 Å². The maximum absolute atomic E-state index is 13.0. The number of rotatable bonds is 5. The first kappa shape index (κ1) is 19.2. The predicted octanol–water partition coefficient (Wildman–Crippen LogP) is 2.37. The summed E-state index contributed by atoms with van der Waals surface area (Å²) in [5.74, 6) is 1.78. The molecule has 2 aromatic heterocycles. The van der Waals surface area contributed by atoms with E-state index in [2.05, 4.69) is 26.4 Å². The molecule has 2 aromatic rings. The van der Waals surface area contributed by atoms with E-state index in [-0.39, 0.29) is 24.5 Å². The SMILES string of the molecule is Cn1cc(Nc2nccc(C3=CCC4CC(C3)N(C(=O)C3CC(CO)C3)C4)n2)cn1. The molecule has 2 fully saturated rings. The number of aliphatic hydroxyl groups excluding tert-OH is 1. The lowest BCUT2D eigenvalue weighted by atomic mass is 9.74. The minimum Gasteiger partial charge on any atom is -0.396 e. The average molecular weight is 409 g/mol. The zero-order valence-corrected chi connectivity index (χ0v) is 17.2. The number of nitrogens with one attached hydrogen (secondary N) is 1. The molecule has 3 aliphatic rings. The molecule has 5 rings (SSSR count). The third-order valence-corrected chi connectivity index (χ3v) is 6.73. The van der Waals surface area contributed by atoms with Crippen molar-refractivity contribution >= 4 is 23.1 Å². The van der Waals surface area contributed by atoms with Crippen molar-refractivity contribution in [2.24, 2.45) is 24.8 Å². The number of fused-ring (bicyclic) bond motifs is 2. The molecule has 0 aromatic carbocycles. The minimum atomic E-state index is 0.101. The molecule has 2 aliphatic carbocycles. The Balaban J connectivity index is 1.29. The number of amides is 1. The van der Waals surface area contributed by atoms with Crippen molar-refractivity contribution in [2.45, 2.75) is 38.1 Å². The molecule has 1 aliphatic heterocycles. The average Bonchev–Trinajstić information content (AvgIpc) is 3.22. The molecule has 1 saturated heterocycles. The van der Waals surface area contributed by atoms with Gasteiger partial charge in [-0.15, -0.1) is 0 Å². The molecule has 0 spiro atoms. The van der Waals surface area contributed by atoms with Gasteiger partial charge >= 0.3 is 0 Å². The lowest BCUT2D eigenvalue weighted by molar-refractivity contribution is -0.141. The summed E-state index contributed by atoms with van der Waals surface area (Å²) in [6.45, 7) is 1.07. The van der Waals surface area contributed by atoms with Gasteiger partial charge in [-0.05, 0) is 55.6 Å². The van der Waals surface area contributed by atoms with Crippen molar-refractivity contribution in [3.63, 3.8) is 0 Å². The highest BCUT2D eigenvalue weighted by molar-refractivity contribution is 5.81. The van der Waals surface area contributed by atoms with Gasteiger partial charge in [0, 0.05) is 44.6 Å². The van der Waals surface area contributed by atoms with E-state index in [1.807, 2.05) is 19.3 Å². The summed E-state index contributed by atoms with van der Waals surface area (Å²) in [5.41, 5.74) is 2.96. The number of aryl methyl sites for hydroxylation is 1. The fourth-order valence-corrected chi connectivity index (χ4v) is 5.04. The Morgan fingerprint density at radius 1 is 1.33 bits per heavy atom. The largest absolute Gasteiger partial charge is 0.396 e. The van der Waals surface area contributed by atoms with Gasteiger partial charge in [0.1, 0.15) is 0 Å². The maximum Gasteiger partial charge on any atom is 0.227 e. The van der Waals surface area contributed by atoms with Crippen LogP contribution in [-0.2, 0) is 11.8 Å². The van der Waals surface area contributed by atoms with Crippen molar-refractivity contribution in [3.05, 3.63) is 36.4 Å². The fraction of sp³-hybridized carbons (Fsp3) is 0.545. The van der Waals surface area contributed by atoms with E-state index >= 15 is 0 Å². The normalized spacial score (nSPS) is 27.9. The van der Waals surface area contributed by atoms with E-state index in [9.17, 15) is 9.90 Å². The Morgan fingerprint density at radius 3 is 2.97 bits per heavy atom. The number of aliphatic hydroxyl groups is 1. The van der Waals surface area contributed by atoms with Crippen LogP contribution >= 0.6 is 0 Å². The zero-order chi connectivity index (χ0) is 20.7. The van der Waals surface area contributed by atoms with Crippen LogP contribution in [0.1, 0.15) is 37.8 Å². The topological polar surface area (TPSA) is 96.2 Å². The number of hydrogen-bond acceptors (Lipinski definition) is 6. The molecular weight excluding hydrogens is 380 g/mol. The van der Waals surface area contributed by atoms with Crippen molar-refractivity contribution in [3.8, 4) is 0 Å². The third-order valence-electron chi connectivity index (χ3n) is 6.73. The Kier molecular flexibility index (Phi) is 5.02. The first-order valence-electron chi connectivity index (χ1n) is 10.8. The Bertz CT molecular complexity index is 964. The second-order valence-corrected chi connectivity index (χ2v) is 8.93. The lowest BCUT2D eigenvalue weighted by Gasteiger charge is -2.37. The van der Waals surface area contributed by atoms with Crippen LogP contribution in [0.15, 0.2) is 30.7 Å². The highest BCUT2D eigenvalue weighted by atomic mass is 16.3.